The summed E-state index contributed by atoms with van der Waals surface area (Å²) in [5.41, 5.74) is 0.0950. The Bertz CT molecular complexity index is 1200. The van der Waals surface area contributed by atoms with Crippen LogP contribution in [0.5, 0.6) is 0 Å². The molecule has 0 radical (unpaired) electrons. The minimum absolute atomic E-state index is 0.0294. The predicted octanol–water partition coefficient (Wildman–Crippen LogP) is 4.09. The molecule has 5 fully saturated rings. The molecule has 9 heteroatoms. The molecule has 5 N–H and O–H groups in total. The van der Waals surface area contributed by atoms with Crippen molar-refractivity contribution >= 4 is 0 Å². The van der Waals surface area contributed by atoms with E-state index in [0.29, 0.717) is 30.1 Å². The molecule has 1 spiro atoms. The molecule has 6 aliphatic rings. The molecule has 6 rings (SSSR count). The third-order valence-corrected chi connectivity index (χ3v) is 14.6. The molecule has 2 aliphatic heterocycles. The van der Waals surface area contributed by atoms with Crippen LogP contribution in [0.25, 0.3) is 0 Å². The van der Waals surface area contributed by atoms with E-state index in [2.05, 4.69) is 46.8 Å². The van der Waals surface area contributed by atoms with Gasteiger partial charge in [-0.15, -0.1) is 0 Å². The highest BCUT2D eigenvalue weighted by Crippen LogP contribution is 2.79. The Hall–Kier alpha value is -0.880. The number of methoxy groups -OCH3 is 1. The second kappa shape index (κ2) is 11.9. The number of ether oxygens (including phenoxy) is 4. The Morgan fingerprint density at radius 2 is 1.67 bits per heavy atom. The molecule has 46 heavy (non-hydrogen) atoms. The summed E-state index contributed by atoms with van der Waals surface area (Å²) < 4.78 is 25.3. The number of rotatable bonds is 8. The topological polar surface area (TPSA) is 138 Å². The molecule has 16 atom stereocenters. The minimum atomic E-state index is -1.47. The van der Waals surface area contributed by atoms with Crippen LogP contribution in [0.3, 0.4) is 0 Å². The Labute approximate surface area is 275 Å². The zero-order chi connectivity index (χ0) is 33.6. The van der Waals surface area contributed by atoms with Crippen LogP contribution in [-0.4, -0.2) is 94.1 Å². The number of aliphatic hydroxyl groups is 5. The van der Waals surface area contributed by atoms with Gasteiger partial charge in [-0.05, 0) is 87.4 Å². The van der Waals surface area contributed by atoms with Gasteiger partial charge in [0.25, 0.3) is 0 Å². The van der Waals surface area contributed by atoms with Crippen LogP contribution < -0.4 is 0 Å². The molecule has 0 aromatic carbocycles. The summed E-state index contributed by atoms with van der Waals surface area (Å²) in [6, 6.07) is 0. The molecule has 9 nitrogen and oxygen atoms in total. The fraction of sp³-hybridized carbons (Fsp3) is 0.892. The van der Waals surface area contributed by atoms with Crippen LogP contribution in [0.2, 0.25) is 0 Å². The number of allylic oxidation sites excluding steroid dienone is 2. The molecule has 4 aliphatic carbocycles. The smallest absolute Gasteiger partial charge is 0.187 e. The molecule has 2 bridgehead atoms. The maximum Gasteiger partial charge on any atom is 0.187 e. The van der Waals surface area contributed by atoms with Gasteiger partial charge in [0.1, 0.15) is 30.0 Å². The first-order chi connectivity index (χ1) is 21.5. The summed E-state index contributed by atoms with van der Waals surface area (Å²) in [5, 5.41) is 52.2. The van der Waals surface area contributed by atoms with E-state index in [1.165, 1.54) is 0 Å². The van der Waals surface area contributed by atoms with E-state index in [4.69, 9.17) is 18.9 Å². The lowest BCUT2D eigenvalue weighted by Crippen LogP contribution is -2.65. The van der Waals surface area contributed by atoms with Crippen LogP contribution in [-0.2, 0) is 18.9 Å². The average Bonchev–Trinajstić information content (AvgIpc) is 3.38. The fourth-order valence-corrected chi connectivity index (χ4v) is 11.9. The molecule has 1 unspecified atom stereocenters. The van der Waals surface area contributed by atoms with Gasteiger partial charge < -0.3 is 44.5 Å². The Morgan fingerprint density at radius 1 is 0.957 bits per heavy atom. The summed E-state index contributed by atoms with van der Waals surface area (Å²) >= 11 is 0. The largest absolute Gasteiger partial charge is 0.394 e. The molecule has 2 heterocycles. The van der Waals surface area contributed by atoms with Gasteiger partial charge in [-0.25, -0.2) is 0 Å². The molecule has 262 valence electrons. The second-order valence-corrected chi connectivity index (χ2v) is 17.1. The Kier molecular flexibility index (Phi) is 9.02. The van der Waals surface area contributed by atoms with E-state index in [9.17, 15) is 25.5 Å². The first kappa shape index (κ1) is 35.0. The highest BCUT2D eigenvalue weighted by molar-refractivity contribution is 5.34. The van der Waals surface area contributed by atoms with E-state index >= 15 is 0 Å². The first-order valence-electron chi connectivity index (χ1n) is 17.7. The summed E-state index contributed by atoms with van der Waals surface area (Å²) in [5.74, 6) is 1.32. The zero-order valence-electron chi connectivity index (χ0n) is 29.2. The molecule has 0 aromatic rings. The first-order valence-corrected chi connectivity index (χ1v) is 17.7. The summed E-state index contributed by atoms with van der Waals surface area (Å²) in [7, 11) is 1.79. The second-order valence-electron chi connectivity index (χ2n) is 17.1. The van der Waals surface area contributed by atoms with Crippen LogP contribution in [0.4, 0.5) is 0 Å². The van der Waals surface area contributed by atoms with Crippen molar-refractivity contribution in [2.45, 2.75) is 148 Å². The SMILES string of the molecule is CO[C@@H]1O[C@]23C=C[C@@H]4C1(CC[C@]1(C)[C@@H]([C@H](C)C[C@H](C=C(C)C)O[C@@H]5O[C@H](CO)[C@@H](O)[C@H](O)[C@H]5O)CC[C@@]41C)[C@@H]2CC[C@H](O)C3(C)C. The highest BCUT2D eigenvalue weighted by atomic mass is 16.7. The van der Waals surface area contributed by atoms with Crippen molar-refractivity contribution in [2.75, 3.05) is 13.7 Å². The van der Waals surface area contributed by atoms with Crippen molar-refractivity contribution in [2.24, 2.45) is 45.3 Å². The van der Waals surface area contributed by atoms with E-state index in [-0.39, 0.29) is 28.6 Å². The van der Waals surface area contributed by atoms with Gasteiger partial charge in [-0.2, -0.15) is 0 Å². The van der Waals surface area contributed by atoms with E-state index in [1.54, 1.807) is 7.11 Å². The molecule has 0 amide bonds. The van der Waals surface area contributed by atoms with Gasteiger partial charge in [-0.3, -0.25) is 0 Å². The Morgan fingerprint density at radius 3 is 2.33 bits per heavy atom. The van der Waals surface area contributed by atoms with Gasteiger partial charge in [0.05, 0.1) is 18.8 Å². The van der Waals surface area contributed by atoms with Gasteiger partial charge in [0.2, 0.25) is 0 Å². The van der Waals surface area contributed by atoms with Crippen LogP contribution >= 0.6 is 0 Å². The van der Waals surface area contributed by atoms with Crippen molar-refractivity contribution < 1.29 is 44.5 Å². The zero-order valence-corrected chi connectivity index (χ0v) is 29.2. The number of aliphatic hydroxyl groups excluding tert-OH is 5. The highest BCUT2D eigenvalue weighted by Gasteiger charge is 2.78. The molecule has 2 saturated heterocycles. The summed E-state index contributed by atoms with van der Waals surface area (Å²) in [4.78, 5) is 0. The summed E-state index contributed by atoms with van der Waals surface area (Å²) in [6.45, 7) is 15.2. The lowest BCUT2D eigenvalue weighted by Gasteiger charge is -2.65. The van der Waals surface area contributed by atoms with Crippen molar-refractivity contribution in [3.8, 4) is 0 Å². The Balaban J connectivity index is 1.26. The van der Waals surface area contributed by atoms with Crippen LogP contribution in [0.1, 0.15) is 93.4 Å². The van der Waals surface area contributed by atoms with Crippen molar-refractivity contribution in [1.29, 1.82) is 0 Å². The predicted molar refractivity (Wildman–Crippen MR) is 172 cm³/mol. The molecular weight excluding hydrogens is 588 g/mol. The normalized spacial score (nSPS) is 51.9. The van der Waals surface area contributed by atoms with Gasteiger partial charge in [-0.1, -0.05) is 58.4 Å². The van der Waals surface area contributed by atoms with Gasteiger partial charge in [0.15, 0.2) is 12.6 Å². The monoisotopic (exact) mass is 648 g/mol. The standard InChI is InChI=1S/C37H60O9/c1-20(2)17-22(44-31-30(42)29(41)28(40)24(19-38)45-31)18-21(3)23-11-13-35(7)25-12-14-37-26(9-10-27(39)33(37,4)5)36(25,32(43-8)46-37)16-15-34(23,35)6/h12,14,17,21-32,38-42H,9-11,13,15-16,18-19H2,1-8H3/t21-,22+,23-,24-,25+,26+,27+,28-,29+,30-,31-,32-,34-,35+,36?,37-/m1/s1. The lowest BCUT2D eigenvalue weighted by atomic mass is 9.38. The minimum Gasteiger partial charge on any atom is -0.394 e. The molecule has 3 saturated carbocycles. The number of hydrogen-bond acceptors (Lipinski definition) is 9. The van der Waals surface area contributed by atoms with Crippen molar-refractivity contribution in [1.82, 2.24) is 0 Å². The van der Waals surface area contributed by atoms with Crippen molar-refractivity contribution in [3.63, 3.8) is 0 Å². The van der Waals surface area contributed by atoms with E-state index in [0.717, 1.165) is 44.1 Å². The number of fused-ring (bicyclic) bond motifs is 2. The van der Waals surface area contributed by atoms with E-state index < -0.39 is 54.4 Å². The fourth-order valence-electron chi connectivity index (χ4n) is 11.9. The van der Waals surface area contributed by atoms with E-state index in [1.807, 2.05) is 19.9 Å². The maximum atomic E-state index is 11.2. The maximum absolute atomic E-state index is 11.2. The quantitative estimate of drug-likeness (QED) is 0.247. The molecule has 0 aromatic heterocycles. The third-order valence-electron chi connectivity index (χ3n) is 14.6. The van der Waals surface area contributed by atoms with Crippen molar-refractivity contribution in [3.05, 3.63) is 23.8 Å². The third kappa shape index (κ3) is 4.66. The lowest BCUT2D eigenvalue weighted by molar-refractivity contribution is -0.308. The number of hydrogen-bond donors (Lipinski definition) is 5. The molecular formula is C37H60O9. The van der Waals surface area contributed by atoms with Crippen LogP contribution in [0.15, 0.2) is 23.8 Å². The van der Waals surface area contributed by atoms with Crippen LogP contribution in [0, 0.1) is 45.3 Å². The van der Waals surface area contributed by atoms with Gasteiger partial charge in [0, 0.05) is 23.9 Å². The van der Waals surface area contributed by atoms with Gasteiger partial charge >= 0.3 is 0 Å². The average molecular weight is 649 g/mol. The summed E-state index contributed by atoms with van der Waals surface area (Å²) in [6.07, 6.45) is 5.99.